The zero-order valence-corrected chi connectivity index (χ0v) is 13.5. The average Bonchev–Trinajstić information content (AvgIpc) is 2.27. The van der Waals surface area contributed by atoms with Crippen LogP contribution in [-0.4, -0.2) is 16.8 Å². The molecule has 1 rings (SSSR count). The zero-order valence-electron chi connectivity index (χ0n) is 11.9. The highest BCUT2D eigenvalue weighted by Gasteiger charge is 2.27. The van der Waals surface area contributed by atoms with E-state index >= 15 is 0 Å². The van der Waals surface area contributed by atoms with Crippen molar-refractivity contribution >= 4 is 23.4 Å². The number of thioether (sulfide) groups is 1. The molecule has 0 spiro atoms. The van der Waals surface area contributed by atoms with Crippen molar-refractivity contribution in [2.24, 2.45) is 0 Å². The molecule has 2 atom stereocenters. The van der Waals surface area contributed by atoms with Gasteiger partial charge in [-0.1, -0.05) is 24.6 Å². The first-order valence-electron chi connectivity index (χ1n) is 6.46. The lowest BCUT2D eigenvalue weighted by Crippen LogP contribution is -2.46. The van der Waals surface area contributed by atoms with E-state index in [-0.39, 0.29) is 0 Å². The smallest absolute Gasteiger partial charge is 0.105 e. The fourth-order valence-corrected chi connectivity index (χ4v) is 3.65. The molecule has 0 radical (unpaired) electrons. The van der Waals surface area contributed by atoms with Crippen molar-refractivity contribution in [3.05, 3.63) is 29.3 Å². The van der Waals surface area contributed by atoms with Gasteiger partial charge in [-0.15, -0.1) is 11.8 Å². The van der Waals surface area contributed by atoms with Gasteiger partial charge in [0.05, 0.1) is 6.07 Å². The van der Waals surface area contributed by atoms with Crippen molar-refractivity contribution in [2.45, 2.75) is 55.8 Å². The Kier molecular flexibility index (Phi) is 6.19. The Morgan fingerprint density at radius 1 is 1.42 bits per heavy atom. The predicted molar refractivity (Wildman–Crippen MR) is 83.7 cm³/mol. The number of nitrogens with zero attached hydrogens (tertiary/aromatic N) is 1. The van der Waals surface area contributed by atoms with Crippen LogP contribution in [0.2, 0.25) is 5.02 Å². The number of nitriles is 1. The van der Waals surface area contributed by atoms with Gasteiger partial charge < -0.3 is 0 Å². The van der Waals surface area contributed by atoms with Crippen LogP contribution >= 0.6 is 23.4 Å². The minimum Gasteiger partial charge on any atom is -0.297 e. The highest BCUT2D eigenvalue weighted by molar-refractivity contribution is 8.00. The Balaban J connectivity index is 2.64. The van der Waals surface area contributed by atoms with Gasteiger partial charge in [0.15, 0.2) is 0 Å². The fraction of sp³-hybridized carbons (Fsp3) is 0.533. The van der Waals surface area contributed by atoms with E-state index in [1.54, 1.807) is 11.8 Å². The summed E-state index contributed by atoms with van der Waals surface area (Å²) in [5, 5.41) is 13.8. The Hall–Kier alpha value is -0.690. The second-order valence-corrected chi connectivity index (χ2v) is 7.28. The van der Waals surface area contributed by atoms with E-state index in [0.29, 0.717) is 11.3 Å². The number of hydrogen-bond acceptors (Lipinski definition) is 3. The lowest BCUT2D eigenvalue weighted by Gasteiger charge is -2.28. The molecule has 0 saturated carbocycles. The summed E-state index contributed by atoms with van der Waals surface area (Å²) < 4.78 is 0. The van der Waals surface area contributed by atoms with E-state index in [4.69, 9.17) is 11.6 Å². The van der Waals surface area contributed by atoms with Crippen LogP contribution in [0.1, 0.15) is 34.1 Å². The second kappa shape index (κ2) is 7.19. The van der Waals surface area contributed by atoms with Crippen LogP contribution in [0.25, 0.3) is 0 Å². The molecule has 19 heavy (non-hydrogen) atoms. The molecule has 2 unspecified atom stereocenters. The molecule has 0 aliphatic heterocycles. The number of rotatable bonds is 6. The number of benzene rings is 1. The topological polar surface area (TPSA) is 35.8 Å². The number of halogens is 1. The molecule has 1 aromatic carbocycles. The van der Waals surface area contributed by atoms with E-state index in [0.717, 1.165) is 16.3 Å². The van der Waals surface area contributed by atoms with Crippen molar-refractivity contribution in [1.29, 1.82) is 5.26 Å². The average molecular weight is 297 g/mol. The molecule has 0 heterocycles. The van der Waals surface area contributed by atoms with E-state index in [1.165, 1.54) is 0 Å². The van der Waals surface area contributed by atoms with Crippen molar-refractivity contribution in [3.63, 3.8) is 0 Å². The maximum atomic E-state index is 9.35. The molecule has 0 saturated heterocycles. The van der Waals surface area contributed by atoms with Gasteiger partial charge in [0.1, 0.15) is 5.54 Å². The summed E-state index contributed by atoms with van der Waals surface area (Å²) in [5.41, 5.74) is -0.487. The van der Waals surface area contributed by atoms with Gasteiger partial charge in [0.2, 0.25) is 0 Å². The molecule has 0 fully saturated rings. The second-order valence-electron chi connectivity index (χ2n) is 5.33. The Morgan fingerprint density at radius 3 is 2.63 bits per heavy atom. The third-order valence-corrected chi connectivity index (χ3v) is 4.01. The summed E-state index contributed by atoms with van der Waals surface area (Å²) in [6.07, 6.45) is 0.791. The monoisotopic (exact) mass is 296 g/mol. The summed E-state index contributed by atoms with van der Waals surface area (Å²) in [7, 11) is 0. The standard InChI is InChI=1S/C15H21ClN2S/c1-11(2)18-15(4,10-17)9-12(3)19-14-7-5-6-13(16)8-14/h5-8,11-12,18H,9H2,1-4H3. The largest absolute Gasteiger partial charge is 0.297 e. The van der Waals surface area contributed by atoms with Crippen LogP contribution in [0.15, 0.2) is 29.2 Å². The van der Waals surface area contributed by atoms with Gasteiger partial charge in [0, 0.05) is 21.2 Å². The highest BCUT2D eigenvalue weighted by Crippen LogP contribution is 2.30. The van der Waals surface area contributed by atoms with Gasteiger partial charge in [0.25, 0.3) is 0 Å². The lowest BCUT2D eigenvalue weighted by molar-refractivity contribution is 0.382. The minimum absolute atomic E-state index is 0.299. The Bertz CT molecular complexity index is 456. The van der Waals surface area contributed by atoms with Gasteiger partial charge in [-0.25, -0.2) is 0 Å². The summed E-state index contributed by atoms with van der Waals surface area (Å²) in [6.45, 7) is 8.22. The Labute approximate surface area is 125 Å². The molecule has 0 amide bonds. The first-order valence-corrected chi connectivity index (χ1v) is 7.71. The molecular weight excluding hydrogens is 276 g/mol. The summed E-state index contributed by atoms with van der Waals surface area (Å²) in [4.78, 5) is 1.14. The molecular formula is C15H21ClN2S. The van der Waals surface area contributed by atoms with Crippen LogP contribution in [0.3, 0.4) is 0 Å². The first kappa shape index (κ1) is 16.4. The molecule has 0 aromatic heterocycles. The zero-order chi connectivity index (χ0) is 14.5. The van der Waals surface area contributed by atoms with Gasteiger partial charge in [-0.3, -0.25) is 5.32 Å². The quantitative estimate of drug-likeness (QED) is 0.786. The van der Waals surface area contributed by atoms with Crippen LogP contribution in [0.4, 0.5) is 0 Å². The summed E-state index contributed by atoms with van der Waals surface area (Å²) >= 11 is 7.73. The molecule has 0 aliphatic rings. The number of hydrogen-bond donors (Lipinski definition) is 1. The van der Waals surface area contributed by atoms with Crippen LogP contribution in [-0.2, 0) is 0 Å². The van der Waals surface area contributed by atoms with Crippen molar-refractivity contribution in [3.8, 4) is 6.07 Å². The SMILES string of the molecule is CC(C)NC(C)(C#N)CC(C)Sc1cccc(Cl)c1. The molecule has 0 aliphatic carbocycles. The molecule has 104 valence electrons. The van der Waals surface area contributed by atoms with Crippen LogP contribution < -0.4 is 5.32 Å². The fourth-order valence-electron chi connectivity index (χ4n) is 2.16. The Morgan fingerprint density at radius 2 is 2.11 bits per heavy atom. The van der Waals surface area contributed by atoms with E-state index in [9.17, 15) is 5.26 Å². The van der Waals surface area contributed by atoms with Gasteiger partial charge >= 0.3 is 0 Å². The molecule has 0 bridgehead atoms. The molecule has 1 N–H and O–H groups in total. The summed E-state index contributed by atoms with van der Waals surface area (Å²) in [6, 6.07) is 10.5. The van der Waals surface area contributed by atoms with E-state index in [2.05, 4.69) is 32.2 Å². The molecule has 4 heteroatoms. The van der Waals surface area contributed by atoms with E-state index in [1.807, 2.05) is 31.2 Å². The van der Waals surface area contributed by atoms with Crippen molar-refractivity contribution in [2.75, 3.05) is 0 Å². The first-order chi connectivity index (χ1) is 8.84. The van der Waals surface area contributed by atoms with Gasteiger partial charge in [-0.05, 0) is 45.4 Å². The maximum absolute atomic E-state index is 9.35. The number of nitrogens with one attached hydrogen (secondary N) is 1. The molecule has 2 nitrogen and oxygen atoms in total. The van der Waals surface area contributed by atoms with E-state index < -0.39 is 5.54 Å². The van der Waals surface area contributed by atoms with Crippen LogP contribution in [0.5, 0.6) is 0 Å². The highest BCUT2D eigenvalue weighted by atomic mass is 35.5. The minimum atomic E-state index is -0.487. The maximum Gasteiger partial charge on any atom is 0.105 e. The van der Waals surface area contributed by atoms with Crippen molar-refractivity contribution in [1.82, 2.24) is 5.32 Å². The van der Waals surface area contributed by atoms with Gasteiger partial charge in [-0.2, -0.15) is 5.26 Å². The molecule has 1 aromatic rings. The lowest BCUT2D eigenvalue weighted by atomic mass is 9.97. The third-order valence-electron chi connectivity index (χ3n) is 2.68. The third kappa shape index (κ3) is 5.86. The van der Waals surface area contributed by atoms with Crippen LogP contribution in [0, 0.1) is 11.3 Å². The normalized spacial score (nSPS) is 15.8. The summed E-state index contributed by atoms with van der Waals surface area (Å²) in [5.74, 6) is 0. The van der Waals surface area contributed by atoms with Crippen molar-refractivity contribution < 1.29 is 0 Å². The predicted octanol–water partition coefficient (Wildman–Crippen LogP) is 4.49.